The predicted molar refractivity (Wildman–Crippen MR) is 110 cm³/mol. The Kier molecular flexibility index (Phi) is 4.22. The number of sulfone groups is 1. The average molecular weight is 428 g/mol. The summed E-state index contributed by atoms with van der Waals surface area (Å²) in [5.74, 6) is -0.875. The van der Waals surface area contributed by atoms with E-state index in [1.807, 2.05) is 0 Å². The molecule has 2 saturated carbocycles. The van der Waals surface area contributed by atoms with Crippen LogP contribution in [0, 0.1) is 12.7 Å². The van der Waals surface area contributed by atoms with Crippen molar-refractivity contribution in [3.63, 3.8) is 0 Å². The van der Waals surface area contributed by atoms with Gasteiger partial charge in [-0.1, -0.05) is 0 Å². The summed E-state index contributed by atoms with van der Waals surface area (Å²) in [7, 11) is -2.06. The molecular formula is C21H21FN4O3S. The summed E-state index contributed by atoms with van der Waals surface area (Å²) in [5.41, 5.74) is 2.45. The number of amides is 1. The summed E-state index contributed by atoms with van der Waals surface area (Å²) >= 11 is 0. The predicted octanol–water partition coefficient (Wildman–Crippen LogP) is 3.25. The molecule has 1 amide bonds. The van der Waals surface area contributed by atoms with Gasteiger partial charge in [0.2, 0.25) is 0 Å². The Balaban J connectivity index is 1.79. The quantitative estimate of drug-likeness (QED) is 0.649. The van der Waals surface area contributed by atoms with Crippen LogP contribution < -0.4 is 5.32 Å². The molecule has 156 valence electrons. The molecule has 1 aromatic carbocycles. The van der Waals surface area contributed by atoms with E-state index in [1.165, 1.54) is 19.3 Å². The number of aromatic amines is 1. The van der Waals surface area contributed by atoms with Crippen LogP contribution in [0.25, 0.3) is 22.0 Å². The third kappa shape index (κ3) is 2.91. The normalized spacial score (nSPS) is 16.8. The first-order chi connectivity index (χ1) is 14.3. The fourth-order valence-electron chi connectivity index (χ4n) is 3.96. The van der Waals surface area contributed by atoms with Gasteiger partial charge in [-0.15, -0.1) is 0 Å². The van der Waals surface area contributed by atoms with Crippen molar-refractivity contribution in [3.8, 4) is 11.1 Å². The lowest BCUT2D eigenvalue weighted by molar-refractivity contribution is 0.0959. The van der Waals surface area contributed by atoms with E-state index in [9.17, 15) is 13.2 Å². The second-order valence-corrected chi connectivity index (χ2v) is 10.3. The monoisotopic (exact) mass is 428 g/mol. The molecule has 0 spiro atoms. The second kappa shape index (κ2) is 6.60. The van der Waals surface area contributed by atoms with E-state index >= 15 is 4.39 Å². The molecule has 2 N–H and O–H groups in total. The number of hydrogen-bond donors (Lipinski definition) is 2. The number of hydrogen-bond acceptors (Lipinski definition) is 5. The maximum absolute atomic E-state index is 15.4. The molecule has 2 heterocycles. The van der Waals surface area contributed by atoms with Gasteiger partial charge in [0, 0.05) is 29.5 Å². The van der Waals surface area contributed by atoms with Gasteiger partial charge in [0.1, 0.15) is 11.5 Å². The zero-order chi connectivity index (χ0) is 21.2. The topological polar surface area (TPSA) is 105 Å². The smallest absolute Gasteiger partial charge is 0.270 e. The standard InChI is InChI=1S/C21H21FN4O3S/c1-10-7-13(14(22)8-16(10)30(28,29)12-5-6-12)17-18-15(9-24-20(17)21(27)23-2)25-26-19(18)11-3-4-11/h7-9,11-12H,3-6H2,1-2H3,(H,23,27)(H,25,26). The van der Waals surface area contributed by atoms with Gasteiger partial charge >= 0.3 is 0 Å². The summed E-state index contributed by atoms with van der Waals surface area (Å²) < 4.78 is 40.8. The minimum absolute atomic E-state index is 0.0162. The van der Waals surface area contributed by atoms with Crippen molar-refractivity contribution in [1.82, 2.24) is 20.5 Å². The largest absolute Gasteiger partial charge is 0.354 e. The minimum Gasteiger partial charge on any atom is -0.354 e. The van der Waals surface area contributed by atoms with Crippen LogP contribution in [0.3, 0.4) is 0 Å². The molecule has 3 aromatic rings. The highest BCUT2D eigenvalue weighted by atomic mass is 32.2. The number of carbonyl (C=O) groups excluding carboxylic acids is 1. The molecule has 2 aliphatic carbocycles. The number of benzene rings is 1. The number of fused-ring (bicyclic) bond motifs is 1. The van der Waals surface area contributed by atoms with Crippen LogP contribution in [-0.2, 0) is 9.84 Å². The number of rotatable bonds is 5. The summed E-state index contributed by atoms with van der Waals surface area (Å²) in [6.07, 6.45) is 4.71. The molecule has 0 atom stereocenters. The first-order valence-electron chi connectivity index (χ1n) is 9.96. The fraction of sp³-hybridized carbons (Fsp3) is 0.381. The van der Waals surface area contributed by atoms with E-state index in [0.717, 1.165) is 24.6 Å². The first kappa shape index (κ1) is 19.2. The highest BCUT2D eigenvalue weighted by Crippen LogP contribution is 2.46. The number of pyridine rings is 1. The summed E-state index contributed by atoms with van der Waals surface area (Å²) in [6.45, 7) is 1.66. The SMILES string of the molecule is CNC(=O)c1ncc2[nH]nc(C3CC3)c2c1-c1cc(C)c(S(=O)(=O)C2CC2)cc1F. The Morgan fingerprint density at radius 2 is 1.97 bits per heavy atom. The number of nitrogens with one attached hydrogen (secondary N) is 2. The highest BCUT2D eigenvalue weighted by molar-refractivity contribution is 7.92. The highest BCUT2D eigenvalue weighted by Gasteiger charge is 2.38. The molecule has 30 heavy (non-hydrogen) atoms. The van der Waals surface area contributed by atoms with Crippen LogP contribution in [0.15, 0.2) is 23.2 Å². The molecule has 0 radical (unpaired) electrons. The number of aromatic nitrogens is 3. The third-order valence-electron chi connectivity index (χ3n) is 5.84. The number of nitrogens with zero attached hydrogens (tertiary/aromatic N) is 2. The number of halogens is 1. The molecule has 9 heteroatoms. The van der Waals surface area contributed by atoms with Crippen molar-refractivity contribution in [2.75, 3.05) is 7.05 Å². The van der Waals surface area contributed by atoms with Gasteiger partial charge in [-0.05, 0) is 50.3 Å². The van der Waals surface area contributed by atoms with Crippen LogP contribution in [0.1, 0.15) is 53.3 Å². The maximum atomic E-state index is 15.4. The van der Waals surface area contributed by atoms with Crippen LogP contribution in [0.4, 0.5) is 4.39 Å². The molecular weight excluding hydrogens is 407 g/mol. The third-order valence-corrected chi connectivity index (χ3v) is 8.24. The van der Waals surface area contributed by atoms with E-state index < -0.39 is 26.8 Å². The summed E-state index contributed by atoms with van der Waals surface area (Å²) in [5, 5.41) is 10.1. The molecule has 7 nitrogen and oxygen atoms in total. The molecule has 2 aliphatic rings. The van der Waals surface area contributed by atoms with Crippen LogP contribution >= 0.6 is 0 Å². The average Bonchev–Trinajstić information content (AvgIpc) is 3.65. The Bertz CT molecular complexity index is 1310. The van der Waals surface area contributed by atoms with E-state index in [4.69, 9.17) is 0 Å². The van der Waals surface area contributed by atoms with E-state index in [-0.39, 0.29) is 22.1 Å². The van der Waals surface area contributed by atoms with Crippen LogP contribution in [0.2, 0.25) is 0 Å². The van der Waals surface area contributed by atoms with Crippen LogP contribution in [0.5, 0.6) is 0 Å². The van der Waals surface area contributed by atoms with Crippen molar-refractivity contribution in [2.24, 2.45) is 0 Å². The van der Waals surface area contributed by atoms with Crippen molar-refractivity contribution in [1.29, 1.82) is 0 Å². The Morgan fingerprint density at radius 1 is 1.23 bits per heavy atom. The van der Waals surface area contributed by atoms with Gasteiger partial charge in [0.15, 0.2) is 9.84 Å². The second-order valence-electron chi connectivity index (χ2n) is 8.07. The van der Waals surface area contributed by atoms with E-state index in [0.29, 0.717) is 34.9 Å². The number of carbonyl (C=O) groups is 1. The van der Waals surface area contributed by atoms with Gasteiger partial charge in [-0.2, -0.15) is 5.10 Å². The Labute approximate surface area is 173 Å². The van der Waals surface area contributed by atoms with Gasteiger partial charge in [0.05, 0.1) is 27.6 Å². The van der Waals surface area contributed by atoms with Crippen molar-refractivity contribution < 1.29 is 17.6 Å². The Morgan fingerprint density at radius 3 is 2.60 bits per heavy atom. The summed E-state index contributed by atoms with van der Waals surface area (Å²) in [6, 6.07) is 2.60. The molecule has 2 fully saturated rings. The van der Waals surface area contributed by atoms with Crippen molar-refractivity contribution in [3.05, 3.63) is 41.1 Å². The number of aryl methyl sites for hydroxylation is 1. The van der Waals surface area contributed by atoms with Gasteiger partial charge in [-0.25, -0.2) is 17.8 Å². The molecule has 2 aromatic heterocycles. The minimum atomic E-state index is -3.55. The lowest BCUT2D eigenvalue weighted by atomic mass is 9.95. The molecule has 0 bridgehead atoms. The van der Waals surface area contributed by atoms with E-state index in [2.05, 4.69) is 20.5 Å². The van der Waals surface area contributed by atoms with Gasteiger partial charge < -0.3 is 5.32 Å². The molecule has 0 saturated heterocycles. The lowest BCUT2D eigenvalue weighted by Crippen LogP contribution is -2.20. The van der Waals surface area contributed by atoms with E-state index in [1.54, 1.807) is 6.92 Å². The fourth-order valence-corrected chi connectivity index (χ4v) is 5.85. The Hall–Kier alpha value is -2.81. The zero-order valence-electron chi connectivity index (χ0n) is 16.6. The van der Waals surface area contributed by atoms with Crippen molar-refractivity contribution >= 4 is 26.6 Å². The van der Waals surface area contributed by atoms with Crippen LogP contribution in [-0.4, -0.2) is 41.8 Å². The maximum Gasteiger partial charge on any atom is 0.270 e. The van der Waals surface area contributed by atoms with Crippen molar-refractivity contribution in [2.45, 2.75) is 48.7 Å². The first-order valence-corrected chi connectivity index (χ1v) is 11.5. The van der Waals surface area contributed by atoms with Gasteiger partial charge in [0.25, 0.3) is 5.91 Å². The van der Waals surface area contributed by atoms with Gasteiger partial charge in [-0.3, -0.25) is 9.89 Å². The lowest BCUT2D eigenvalue weighted by Gasteiger charge is -2.14. The molecule has 0 unspecified atom stereocenters. The number of H-pyrrole nitrogens is 1. The molecule has 0 aliphatic heterocycles. The molecule has 5 rings (SSSR count). The zero-order valence-corrected chi connectivity index (χ0v) is 17.4. The summed E-state index contributed by atoms with van der Waals surface area (Å²) in [4.78, 5) is 16.8.